The molecule has 0 spiro atoms. The molecular formula is C6H10F3NO. The number of hydrogen-bond donors (Lipinski definition) is 1. The monoisotopic (exact) mass is 169 g/mol. The van der Waals surface area contributed by atoms with Crippen LogP contribution in [0.15, 0.2) is 0 Å². The Morgan fingerprint density at radius 2 is 2.00 bits per heavy atom. The quantitative estimate of drug-likeness (QED) is 0.588. The second kappa shape index (κ2) is 2.64. The number of halogens is 3. The first-order valence-corrected chi connectivity index (χ1v) is 3.39. The lowest BCUT2D eigenvalue weighted by Gasteiger charge is -2.17. The lowest BCUT2D eigenvalue weighted by molar-refractivity contribution is -0.216. The van der Waals surface area contributed by atoms with Crippen LogP contribution in [0, 0.1) is 0 Å². The molecule has 0 amide bonds. The average molecular weight is 169 g/mol. The highest BCUT2D eigenvalue weighted by Crippen LogP contribution is 2.32. The Balaban J connectivity index is 2.60. The van der Waals surface area contributed by atoms with Crippen LogP contribution in [-0.2, 0) is 4.74 Å². The molecule has 0 aliphatic carbocycles. The first kappa shape index (κ1) is 8.80. The van der Waals surface area contributed by atoms with Crippen LogP contribution in [0.25, 0.3) is 0 Å². The van der Waals surface area contributed by atoms with Crippen molar-refractivity contribution >= 4 is 0 Å². The van der Waals surface area contributed by atoms with Crippen LogP contribution in [0.5, 0.6) is 0 Å². The van der Waals surface area contributed by atoms with E-state index in [1.54, 1.807) is 6.92 Å². The van der Waals surface area contributed by atoms with E-state index in [1.165, 1.54) is 0 Å². The lowest BCUT2D eigenvalue weighted by atomic mass is 10.1. The fourth-order valence-electron chi connectivity index (χ4n) is 1.23. The van der Waals surface area contributed by atoms with E-state index in [9.17, 15) is 13.2 Å². The molecule has 2 N–H and O–H groups in total. The van der Waals surface area contributed by atoms with Crippen molar-refractivity contribution in [2.24, 2.45) is 5.73 Å². The molecule has 1 saturated heterocycles. The van der Waals surface area contributed by atoms with Gasteiger partial charge in [-0.2, -0.15) is 13.2 Å². The van der Waals surface area contributed by atoms with Crippen molar-refractivity contribution in [2.75, 3.05) is 0 Å². The Labute approximate surface area is 62.5 Å². The molecule has 2 nitrogen and oxygen atoms in total. The van der Waals surface area contributed by atoms with Crippen molar-refractivity contribution in [3.63, 3.8) is 0 Å². The summed E-state index contributed by atoms with van der Waals surface area (Å²) in [7, 11) is 0. The predicted octanol–water partition coefficient (Wildman–Crippen LogP) is 1.05. The molecule has 1 aliphatic rings. The maximum Gasteiger partial charge on any atom is 0.416 e. The number of alkyl halides is 3. The Kier molecular flexibility index (Phi) is 2.11. The minimum absolute atomic E-state index is 0.282. The van der Waals surface area contributed by atoms with Gasteiger partial charge in [-0.3, -0.25) is 0 Å². The predicted molar refractivity (Wildman–Crippen MR) is 33.0 cm³/mol. The van der Waals surface area contributed by atoms with E-state index in [4.69, 9.17) is 5.73 Å². The summed E-state index contributed by atoms with van der Waals surface area (Å²) in [5, 5.41) is 0. The van der Waals surface area contributed by atoms with Crippen molar-refractivity contribution in [1.82, 2.24) is 0 Å². The zero-order valence-electron chi connectivity index (χ0n) is 6.06. The average Bonchev–Trinajstić information content (AvgIpc) is 2.08. The Hall–Kier alpha value is -0.290. The van der Waals surface area contributed by atoms with Gasteiger partial charge in [0.1, 0.15) is 0 Å². The van der Waals surface area contributed by atoms with Gasteiger partial charge >= 0.3 is 6.18 Å². The molecule has 1 fully saturated rings. The first-order chi connectivity index (χ1) is 4.91. The summed E-state index contributed by atoms with van der Waals surface area (Å²) < 4.78 is 40.5. The molecule has 1 heterocycles. The second-order valence-corrected chi connectivity index (χ2v) is 2.81. The summed E-state index contributed by atoms with van der Waals surface area (Å²) in [5.41, 5.74) is 5.21. The van der Waals surface area contributed by atoms with Crippen LogP contribution in [0.3, 0.4) is 0 Å². The van der Waals surface area contributed by atoms with Crippen molar-refractivity contribution in [3.05, 3.63) is 0 Å². The lowest BCUT2D eigenvalue weighted by Crippen LogP contribution is -2.41. The largest absolute Gasteiger partial charge is 0.416 e. The zero-order chi connectivity index (χ0) is 8.65. The van der Waals surface area contributed by atoms with E-state index in [1.807, 2.05) is 0 Å². The Bertz CT molecular complexity index is 147. The molecule has 66 valence electrons. The number of rotatable bonds is 0. The SMILES string of the molecule is CC1CC(N)C(C(F)(F)F)O1. The van der Waals surface area contributed by atoms with Gasteiger partial charge in [0, 0.05) is 6.04 Å². The van der Waals surface area contributed by atoms with Gasteiger partial charge in [0.05, 0.1) is 6.10 Å². The molecular weight excluding hydrogens is 159 g/mol. The molecule has 0 bridgehead atoms. The minimum atomic E-state index is -4.32. The molecule has 3 unspecified atom stereocenters. The molecule has 0 aromatic rings. The van der Waals surface area contributed by atoms with Crippen molar-refractivity contribution in [1.29, 1.82) is 0 Å². The summed E-state index contributed by atoms with van der Waals surface area (Å²) in [6.45, 7) is 1.59. The van der Waals surface area contributed by atoms with Gasteiger partial charge in [-0.1, -0.05) is 0 Å². The fourth-order valence-corrected chi connectivity index (χ4v) is 1.23. The van der Waals surface area contributed by atoms with Crippen LogP contribution in [0.2, 0.25) is 0 Å². The van der Waals surface area contributed by atoms with E-state index in [-0.39, 0.29) is 12.5 Å². The highest BCUT2D eigenvalue weighted by atomic mass is 19.4. The Morgan fingerprint density at radius 3 is 2.18 bits per heavy atom. The zero-order valence-corrected chi connectivity index (χ0v) is 6.06. The van der Waals surface area contributed by atoms with Crippen molar-refractivity contribution < 1.29 is 17.9 Å². The Morgan fingerprint density at radius 1 is 1.45 bits per heavy atom. The number of nitrogens with two attached hydrogens (primary N) is 1. The van der Waals surface area contributed by atoms with Gasteiger partial charge in [0.2, 0.25) is 0 Å². The smallest absolute Gasteiger partial charge is 0.364 e. The third-order valence-electron chi connectivity index (χ3n) is 1.69. The van der Waals surface area contributed by atoms with Crippen LogP contribution >= 0.6 is 0 Å². The minimum Gasteiger partial charge on any atom is -0.364 e. The van der Waals surface area contributed by atoms with E-state index in [0.717, 1.165) is 0 Å². The van der Waals surface area contributed by atoms with Gasteiger partial charge in [0.25, 0.3) is 0 Å². The molecule has 5 heteroatoms. The normalized spacial score (nSPS) is 39.5. The molecule has 3 atom stereocenters. The summed E-state index contributed by atoms with van der Waals surface area (Å²) in [4.78, 5) is 0. The molecule has 1 rings (SSSR count). The van der Waals surface area contributed by atoms with E-state index in [0.29, 0.717) is 0 Å². The van der Waals surface area contributed by atoms with Gasteiger partial charge in [-0.05, 0) is 13.3 Å². The summed E-state index contributed by atoms with van der Waals surface area (Å²) >= 11 is 0. The summed E-state index contributed by atoms with van der Waals surface area (Å²) in [6, 6.07) is -0.898. The molecule has 0 saturated carbocycles. The van der Waals surface area contributed by atoms with Gasteiger partial charge in [-0.25, -0.2) is 0 Å². The topological polar surface area (TPSA) is 35.2 Å². The van der Waals surface area contributed by atoms with Gasteiger partial charge < -0.3 is 10.5 Å². The first-order valence-electron chi connectivity index (χ1n) is 3.39. The van der Waals surface area contributed by atoms with Gasteiger partial charge in [0.15, 0.2) is 6.10 Å². The molecule has 0 aromatic carbocycles. The maximum absolute atomic E-state index is 12.0. The van der Waals surface area contributed by atoms with Crippen LogP contribution < -0.4 is 5.73 Å². The second-order valence-electron chi connectivity index (χ2n) is 2.81. The summed E-state index contributed by atoms with van der Waals surface area (Å²) in [6.07, 6.45) is -6.18. The van der Waals surface area contributed by atoms with Gasteiger partial charge in [-0.15, -0.1) is 0 Å². The van der Waals surface area contributed by atoms with Crippen LogP contribution in [0.4, 0.5) is 13.2 Å². The molecule has 0 aromatic heterocycles. The standard InChI is InChI=1S/C6H10F3NO/c1-3-2-4(10)5(11-3)6(7,8)9/h3-5H,2,10H2,1H3. The highest BCUT2D eigenvalue weighted by molar-refractivity contribution is 4.87. The number of hydrogen-bond acceptors (Lipinski definition) is 2. The van der Waals surface area contributed by atoms with Crippen molar-refractivity contribution in [2.45, 2.75) is 37.8 Å². The third-order valence-corrected chi connectivity index (χ3v) is 1.69. The third kappa shape index (κ3) is 1.84. The van der Waals surface area contributed by atoms with Crippen molar-refractivity contribution in [3.8, 4) is 0 Å². The van der Waals surface area contributed by atoms with E-state index >= 15 is 0 Å². The van der Waals surface area contributed by atoms with E-state index in [2.05, 4.69) is 4.74 Å². The maximum atomic E-state index is 12.0. The highest BCUT2D eigenvalue weighted by Gasteiger charge is 2.49. The molecule has 11 heavy (non-hydrogen) atoms. The number of ether oxygens (including phenoxy) is 1. The summed E-state index contributed by atoms with van der Waals surface area (Å²) in [5.74, 6) is 0. The molecule has 0 radical (unpaired) electrons. The van der Waals surface area contributed by atoms with Crippen LogP contribution in [0.1, 0.15) is 13.3 Å². The van der Waals surface area contributed by atoms with E-state index < -0.39 is 18.3 Å². The fraction of sp³-hybridized carbons (Fsp3) is 1.00. The molecule has 1 aliphatic heterocycles. The van der Waals surface area contributed by atoms with Crippen LogP contribution in [-0.4, -0.2) is 24.4 Å².